The second kappa shape index (κ2) is 4.68. The minimum Gasteiger partial charge on any atom is -0.373 e. The average molecular weight is 258 g/mol. The van der Waals surface area contributed by atoms with Gasteiger partial charge in [0.15, 0.2) is 0 Å². The number of amides is 2. The summed E-state index contributed by atoms with van der Waals surface area (Å²) < 4.78 is 0. The number of nitrogens with one attached hydrogen (secondary N) is 1. The number of nitrogens with zero attached hydrogens (tertiary/aromatic N) is 1. The van der Waals surface area contributed by atoms with Gasteiger partial charge in [0.05, 0.1) is 6.42 Å². The molecule has 1 aromatic carbocycles. The summed E-state index contributed by atoms with van der Waals surface area (Å²) in [6.07, 6.45) is 3.75. The molecule has 100 valence electrons. The fourth-order valence-corrected chi connectivity index (χ4v) is 2.99. The van der Waals surface area contributed by atoms with Crippen LogP contribution in [0.5, 0.6) is 0 Å². The SMILES string of the molecule is CCN1C(=O)C[C@H](Nc2ccc3c(c2)CCC3)C1=O. The topological polar surface area (TPSA) is 49.4 Å². The highest BCUT2D eigenvalue weighted by Crippen LogP contribution is 2.26. The molecule has 0 saturated carbocycles. The number of hydrogen-bond donors (Lipinski definition) is 1. The van der Waals surface area contributed by atoms with Crippen LogP contribution in [-0.4, -0.2) is 29.3 Å². The number of fused-ring (bicyclic) bond motifs is 1. The molecule has 1 N–H and O–H groups in total. The van der Waals surface area contributed by atoms with Crippen LogP contribution in [0.2, 0.25) is 0 Å². The molecule has 1 saturated heterocycles. The molecule has 0 spiro atoms. The van der Waals surface area contributed by atoms with Gasteiger partial charge in [-0.15, -0.1) is 0 Å². The zero-order valence-electron chi connectivity index (χ0n) is 11.1. The predicted octanol–water partition coefficient (Wildman–Crippen LogP) is 1.73. The molecule has 2 aliphatic rings. The van der Waals surface area contributed by atoms with Crippen molar-refractivity contribution in [1.82, 2.24) is 4.90 Å². The van der Waals surface area contributed by atoms with Crippen LogP contribution in [0.15, 0.2) is 18.2 Å². The first-order chi connectivity index (χ1) is 9.19. The smallest absolute Gasteiger partial charge is 0.252 e. The van der Waals surface area contributed by atoms with Gasteiger partial charge in [-0.1, -0.05) is 6.07 Å². The van der Waals surface area contributed by atoms with Crippen molar-refractivity contribution < 1.29 is 9.59 Å². The van der Waals surface area contributed by atoms with E-state index in [-0.39, 0.29) is 18.2 Å². The summed E-state index contributed by atoms with van der Waals surface area (Å²) in [5, 5.41) is 3.20. The lowest BCUT2D eigenvalue weighted by Gasteiger charge is -2.14. The number of imide groups is 1. The number of aryl methyl sites for hydroxylation is 2. The molecule has 1 atom stereocenters. The zero-order chi connectivity index (χ0) is 13.4. The van der Waals surface area contributed by atoms with Crippen LogP contribution in [0.1, 0.15) is 30.9 Å². The lowest BCUT2D eigenvalue weighted by atomic mass is 10.1. The maximum atomic E-state index is 12.0. The van der Waals surface area contributed by atoms with Gasteiger partial charge in [-0.3, -0.25) is 14.5 Å². The summed E-state index contributed by atoms with van der Waals surface area (Å²) in [7, 11) is 0. The molecule has 1 heterocycles. The Bertz CT molecular complexity index is 539. The number of benzene rings is 1. The Morgan fingerprint density at radius 2 is 2.05 bits per heavy atom. The Labute approximate surface area is 112 Å². The minimum absolute atomic E-state index is 0.0776. The van der Waals surface area contributed by atoms with Crippen molar-refractivity contribution in [1.29, 1.82) is 0 Å². The number of likely N-dealkylation sites (N-methyl/N-ethyl adjacent to an activating group) is 1. The van der Waals surface area contributed by atoms with Crippen LogP contribution in [-0.2, 0) is 22.4 Å². The van der Waals surface area contributed by atoms with E-state index in [0.717, 1.165) is 18.5 Å². The number of likely N-dealkylation sites (tertiary alicyclic amines) is 1. The van der Waals surface area contributed by atoms with Gasteiger partial charge in [-0.25, -0.2) is 0 Å². The van der Waals surface area contributed by atoms with Crippen LogP contribution in [0.4, 0.5) is 5.69 Å². The minimum atomic E-state index is -0.396. The highest BCUT2D eigenvalue weighted by molar-refractivity contribution is 6.06. The second-order valence-corrected chi connectivity index (χ2v) is 5.21. The van der Waals surface area contributed by atoms with Crippen LogP contribution in [0, 0.1) is 0 Å². The molecule has 1 fully saturated rings. The molecule has 1 aliphatic heterocycles. The summed E-state index contributed by atoms with van der Waals surface area (Å²) in [5.74, 6) is -0.181. The molecule has 4 nitrogen and oxygen atoms in total. The average Bonchev–Trinajstić information content (AvgIpc) is 2.95. The molecule has 1 aliphatic carbocycles. The zero-order valence-corrected chi connectivity index (χ0v) is 11.1. The maximum absolute atomic E-state index is 12.0. The third-order valence-electron chi connectivity index (χ3n) is 4.00. The fraction of sp³-hybridized carbons (Fsp3) is 0.467. The van der Waals surface area contributed by atoms with Crippen molar-refractivity contribution in [2.24, 2.45) is 0 Å². The quantitative estimate of drug-likeness (QED) is 0.840. The number of hydrogen-bond acceptors (Lipinski definition) is 3. The van der Waals surface area contributed by atoms with Gasteiger partial charge >= 0.3 is 0 Å². The van der Waals surface area contributed by atoms with E-state index in [1.165, 1.54) is 22.4 Å². The fourth-order valence-electron chi connectivity index (χ4n) is 2.99. The molecule has 0 aromatic heterocycles. The van der Waals surface area contributed by atoms with Crippen molar-refractivity contribution >= 4 is 17.5 Å². The van der Waals surface area contributed by atoms with Crippen LogP contribution in [0.25, 0.3) is 0 Å². The molecule has 0 bridgehead atoms. The summed E-state index contributed by atoms with van der Waals surface area (Å²) in [6, 6.07) is 5.86. The highest BCUT2D eigenvalue weighted by atomic mass is 16.2. The normalized spacial score (nSPS) is 21.9. The number of anilines is 1. The first-order valence-electron chi connectivity index (χ1n) is 6.91. The standard InChI is InChI=1S/C15H18N2O2/c1-2-17-14(18)9-13(15(17)19)16-12-7-6-10-4-3-5-11(10)8-12/h6-8,13,16H,2-5,9H2,1H3/t13-/m0/s1. The molecule has 3 rings (SSSR count). The van der Waals surface area contributed by atoms with E-state index in [9.17, 15) is 9.59 Å². The summed E-state index contributed by atoms with van der Waals surface area (Å²) in [4.78, 5) is 25.0. The highest BCUT2D eigenvalue weighted by Gasteiger charge is 2.37. The molecular formula is C15H18N2O2. The molecule has 2 amide bonds. The number of carbonyl (C=O) groups is 2. The van der Waals surface area contributed by atoms with Crippen LogP contribution < -0.4 is 5.32 Å². The Morgan fingerprint density at radius 3 is 2.79 bits per heavy atom. The second-order valence-electron chi connectivity index (χ2n) is 5.21. The largest absolute Gasteiger partial charge is 0.373 e. The van der Waals surface area contributed by atoms with Gasteiger partial charge in [-0.2, -0.15) is 0 Å². The van der Waals surface area contributed by atoms with Crippen molar-refractivity contribution in [2.45, 2.75) is 38.6 Å². The van der Waals surface area contributed by atoms with E-state index < -0.39 is 6.04 Å². The van der Waals surface area contributed by atoms with Crippen LogP contribution in [0.3, 0.4) is 0 Å². The Balaban J connectivity index is 1.75. The molecular weight excluding hydrogens is 240 g/mol. The van der Waals surface area contributed by atoms with Crippen LogP contribution >= 0.6 is 0 Å². The van der Waals surface area contributed by atoms with Gasteiger partial charge in [0, 0.05) is 12.2 Å². The van der Waals surface area contributed by atoms with Gasteiger partial charge in [0.2, 0.25) is 5.91 Å². The summed E-state index contributed by atoms with van der Waals surface area (Å²) >= 11 is 0. The molecule has 0 unspecified atom stereocenters. The number of carbonyl (C=O) groups excluding carboxylic acids is 2. The molecule has 4 heteroatoms. The molecule has 1 aromatic rings. The van der Waals surface area contributed by atoms with E-state index in [1.54, 1.807) is 0 Å². The van der Waals surface area contributed by atoms with Crippen molar-refractivity contribution in [3.05, 3.63) is 29.3 Å². The Hall–Kier alpha value is -1.84. The molecule has 0 radical (unpaired) electrons. The predicted molar refractivity (Wildman–Crippen MR) is 72.9 cm³/mol. The van der Waals surface area contributed by atoms with E-state index in [1.807, 2.05) is 13.0 Å². The van der Waals surface area contributed by atoms with E-state index in [0.29, 0.717) is 6.54 Å². The monoisotopic (exact) mass is 258 g/mol. The van der Waals surface area contributed by atoms with E-state index >= 15 is 0 Å². The summed E-state index contributed by atoms with van der Waals surface area (Å²) in [6.45, 7) is 2.29. The number of rotatable bonds is 3. The van der Waals surface area contributed by atoms with E-state index in [4.69, 9.17) is 0 Å². The third kappa shape index (κ3) is 2.11. The van der Waals surface area contributed by atoms with Crippen molar-refractivity contribution in [3.8, 4) is 0 Å². The lowest BCUT2D eigenvalue weighted by Crippen LogP contribution is -2.34. The third-order valence-corrected chi connectivity index (χ3v) is 4.00. The van der Waals surface area contributed by atoms with Gasteiger partial charge in [0.25, 0.3) is 5.91 Å². The van der Waals surface area contributed by atoms with E-state index in [2.05, 4.69) is 17.4 Å². The van der Waals surface area contributed by atoms with Gasteiger partial charge in [0.1, 0.15) is 6.04 Å². The molecule has 19 heavy (non-hydrogen) atoms. The first-order valence-corrected chi connectivity index (χ1v) is 6.91. The summed E-state index contributed by atoms with van der Waals surface area (Å²) in [5.41, 5.74) is 3.73. The maximum Gasteiger partial charge on any atom is 0.252 e. The van der Waals surface area contributed by atoms with Gasteiger partial charge in [-0.05, 0) is 49.4 Å². The van der Waals surface area contributed by atoms with Crippen molar-refractivity contribution in [2.75, 3.05) is 11.9 Å². The Kier molecular flexibility index (Phi) is 3.01. The van der Waals surface area contributed by atoms with Crippen molar-refractivity contribution in [3.63, 3.8) is 0 Å². The first kappa shape index (κ1) is 12.2. The van der Waals surface area contributed by atoms with Gasteiger partial charge < -0.3 is 5.32 Å². The lowest BCUT2D eigenvalue weighted by molar-refractivity contribution is -0.138. The Morgan fingerprint density at radius 1 is 1.26 bits per heavy atom.